The number of nitrogens with zero attached hydrogens (tertiary/aromatic N) is 4. The molecule has 0 unspecified atom stereocenters. The number of aromatic nitrogens is 2. The number of carbonyl (C=O) groups excluding carboxylic acids is 2. The first-order valence-corrected chi connectivity index (χ1v) is 11.5. The summed E-state index contributed by atoms with van der Waals surface area (Å²) in [5.74, 6) is 0.0803. The van der Waals surface area contributed by atoms with Gasteiger partial charge >= 0.3 is 6.09 Å². The third-order valence-electron chi connectivity index (χ3n) is 5.66. The van der Waals surface area contributed by atoms with Crippen LogP contribution in [0.1, 0.15) is 12.5 Å². The average Bonchev–Trinajstić information content (AvgIpc) is 2.85. The fourth-order valence-corrected chi connectivity index (χ4v) is 3.80. The maximum absolute atomic E-state index is 12.8. The highest BCUT2D eigenvalue weighted by atomic mass is 16.6. The molecule has 2 heterocycles. The first-order valence-electron chi connectivity index (χ1n) is 11.5. The van der Waals surface area contributed by atoms with Gasteiger partial charge < -0.3 is 9.64 Å². The quantitative estimate of drug-likeness (QED) is 0.603. The lowest BCUT2D eigenvalue weighted by atomic mass is 10.1. The number of nitrogens with one attached hydrogen (secondary N) is 1. The van der Waals surface area contributed by atoms with E-state index in [1.807, 2.05) is 72.5 Å². The molecule has 8 nitrogen and oxygen atoms in total. The van der Waals surface area contributed by atoms with Crippen LogP contribution < -0.4 is 5.32 Å². The fraction of sp³-hybridized carbons (Fsp3) is 0.308. The minimum Gasteiger partial charge on any atom is -0.450 e. The molecule has 0 radical (unpaired) electrons. The summed E-state index contributed by atoms with van der Waals surface area (Å²) >= 11 is 0. The molecule has 34 heavy (non-hydrogen) atoms. The predicted molar refractivity (Wildman–Crippen MR) is 131 cm³/mol. The number of benzene rings is 2. The number of carbonyl (C=O) groups is 2. The van der Waals surface area contributed by atoms with Gasteiger partial charge in [0.1, 0.15) is 0 Å². The second-order valence-electron chi connectivity index (χ2n) is 8.20. The van der Waals surface area contributed by atoms with E-state index in [-0.39, 0.29) is 24.5 Å². The molecule has 2 amide bonds. The summed E-state index contributed by atoms with van der Waals surface area (Å²) < 4.78 is 5.05. The van der Waals surface area contributed by atoms with E-state index in [0.717, 1.165) is 28.1 Å². The van der Waals surface area contributed by atoms with Crippen LogP contribution >= 0.6 is 0 Å². The molecule has 4 rings (SSSR count). The van der Waals surface area contributed by atoms with Crippen molar-refractivity contribution in [2.75, 3.05) is 44.6 Å². The second-order valence-corrected chi connectivity index (χ2v) is 8.20. The van der Waals surface area contributed by atoms with Gasteiger partial charge in [0.05, 0.1) is 24.5 Å². The molecule has 0 bridgehead atoms. The van der Waals surface area contributed by atoms with Gasteiger partial charge in [-0.1, -0.05) is 60.2 Å². The van der Waals surface area contributed by atoms with Crippen molar-refractivity contribution >= 4 is 17.9 Å². The third-order valence-corrected chi connectivity index (χ3v) is 5.66. The number of rotatable bonds is 6. The molecule has 8 heteroatoms. The van der Waals surface area contributed by atoms with Crippen molar-refractivity contribution in [3.63, 3.8) is 0 Å². The van der Waals surface area contributed by atoms with Gasteiger partial charge in [0.2, 0.25) is 11.9 Å². The van der Waals surface area contributed by atoms with Gasteiger partial charge in [-0.15, -0.1) is 0 Å². The molecular formula is C26H29N5O3. The number of ether oxygens (including phenoxy) is 1. The minimum absolute atomic E-state index is 0.190. The number of hydrogen-bond acceptors (Lipinski definition) is 6. The molecule has 1 aromatic heterocycles. The summed E-state index contributed by atoms with van der Waals surface area (Å²) in [6.07, 6.45) is -0.304. The number of aryl methyl sites for hydroxylation is 1. The Balaban J connectivity index is 1.47. The molecule has 3 aromatic rings. The Labute approximate surface area is 199 Å². The van der Waals surface area contributed by atoms with Gasteiger partial charge in [-0.2, -0.15) is 0 Å². The molecule has 0 atom stereocenters. The van der Waals surface area contributed by atoms with Gasteiger partial charge in [0.25, 0.3) is 0 Å². The molecule has 1 saturated heterocycles. The summed E-state index contributed by atoms with van der Waals surface area (Å²) in [7, 11) is 0. The molecule has 1 aliphatic heterocycles. The third kappa shape index (κ3) is 5.96. The maximum Gasteiger partial charge on any atom is 0.409 e. The van der Waals surface area contributed by atoms with E-state index in [1.165, 1.54) is 0 Å². The molecule has 2 aromatic carbocycles. The molecule has 1 aliphatic rings. The smallest absolute Gasteiger partial charge is 0.409 e. The standard InChI is InChI=1S/C26H29N5O3/c1-3-34-26(33)31-15-13-30(14-16-31)18-24(32)29-25-27-22(20-7-5-4-6-8-20)17-23(28-25)21-11-9-19(2)10-12-21/h4-12,17H,3,13-16,18H2,1-2H3,(H,27,28,29,32). The van der Waals surface area contributed by atoms with Crippen LogP contribution in [0, 0.1) is 6.92 Å². The van der Waals surface area contributed by atoms with Crippen molar-refractivity contribution in [3.8, 4) is 22.5 Å². The highest BCUT2D eigenvalue weighted by Gasteiger charge is 2.23. The lowest BCUT2D eigenvalue weighted by Gasteiger charge is -2.33. The lowest BCUT2D eigenvalue weighted by molar-refractivity contribution is -0.117. The largest absolute Gasteiger partial charge is 0.450 e. The summed E-state index contributed by atoms with van der Waals surface area (Å²) in [4.78, 5) is 37.6. The van der Waals surface area contributed by atoms with E-state index in [0.29, 0.717) is 32.8 Å². The molecule has 0 aliphatic carbocycles. The second kappa shape index (κ2) is 10.9. The molecule has 0 spiro atoms. The normalized spacial score (nSPS) is 14.0. The van der Waals surface area contributed by atoms with Crippen molar-refractivity contribution in [2.45, 2.75) is 13.8 Å². The molecule has 176 valence electrons. The summed E-state index contributed by atoms with van der Waals surface area (Å²) in [5.41, 5.74) is 4.55. The van der Waals surface area contributed by atoms with Gasteiger partial charge in [-0.05, 0) is 19.9 Å². The summed E-state index contributed by atoms with van der Waals surface area (Å²) in [5, 5.41) is 2.87. The predicted octanol–water partition coefficient (Wildman–Crippen LogP) is 3.83. The van der Waals surface area contributed by atoms with E-state index < -0.39 is 0 Å². The molecule has 1 N–H and O–H groups in total. The van der Waals surface area contributed by atoms with Crippen LogP contribution in [0.3, 0.4) is 0 Å². The number of piperazine rings is 1. The SMILES string of the molecule is CCOC(=O)N1CCN(CC(=O)Nc2nc(-c3ccccc3)cc(-c3ccc(C)cc3)n2)CC1. The first-order chi connectivity index (χ1) is 16.5. The van der Waals surface area contributed by atoms with Crippen LogP contribution in [0.25, 0.3) is 22.5 Å². The highest BCUT2D eigenvalue weighted by Crippen LogP contribution is 2.25. The fourth-order valence-electron chi connectivity index (χ4n) is 3.80. The van der Waals surface area contributed by atoms with Crippen molar-refractivity contribution < 1.29 is 14.3 Å². The number of hydrogen-bond donors (Lipinski definition) is 1. The Morgan fingerprint density at radius 1 is 0.912 bits per heavy atom. The van der Waals surface area contributed by atoms with Crippen molar-refractivity contribution in [1.82, 2.24) is 19.8 Å². The highest BCUT2D eigenvalue weighted by molar-refractivity contribution is 5.91. The van der Waals surface area contributed by atoms with Gasteiger partial charge in [-0.3, -0.25) is 15.0 Å². The van der Waals surface area contributed by atoms with Crippen LogP contribution in [0.4, 0.5) is 10.7 Å². The Morgan fingerprint density at radius 3 is 2.15 bits per heavy atom. The van der Waals surface area contributed by atoms with Crippen LogP contribution in [-0.4, -0.2) is 71.1 Å². The molecular weight excluding hydrogens is 430 g/mol. The van der Waals surface area contributed by atoms with Crippen LogP contribution in [0.15, 0.2) is 60.7 Å². The summed E-state index contributed by atoms with van der Waals surface area (Å²) in [6.45, 7) is 6.66. The minimum atomic E-state index is -0.304. The van der Waals surface area contributed by atoms with Crippen molar-refractivity contribution in [1.29, 1.82) is 0 Å². The van der Waals surface area contributed by atoms with Gasteiger partial charge in [0, 0.05) is 37.3 Å². The zero-order valence-corrected chi connectivity index (χ0v) is 19.5. The van der Waals surface area contributed by atoms with E-state index in [4.69, 9.17) is 4.74 Å². The van der Waals surface area contributed by atoms with E-state index in [2.05, 4.69) is 15.3 Å². The average molecular weight is 460 g/mol. The Kier molecular flexibility index (Phi) is 7.49. The van der Waals surface area contributed by atoms with Gasteiger partial charge in [-0.25, -0.2) is 14.8 Å². The van der Waals surface area contributed by atoms with Crippen molar-refractivity contribution in [3.05, 3.63) is 66.2 Å². The number of amides is 2. The lowest BCUT2D eigenvalue weighted by Crippen LogP contribution is -2.50. The zero-order valence-electron chi connectivity index (χ0n) is 19.5. The zero-order chi connectivity index (χ0) is 23.9. The monoisotopic (exact) mass is 459 g/mol. The Morgan fingerprint density at radius 2 is 1.53 bits per heavy atom. The Bertz CT molecular complexity index is 1130. The molecule has 1 fully saturated rings. The molecule has 0 saturated carbocycles. The Hall–Kier alpha value is -3.78. The van der Waals surface area contributed by atoms with Crippen LogP contribution in [0.5, 0.6) is 0 Å². The van der Waals surface area contributed by atoms with Crippen LogP contribution in [0.2, 0.25) is 0 Å². The van der Waals surface area contributed by atoms with Gasteiger partial charge in [0.15, 0.2) is 0 Å². The summed E-state index contributed by atoms with van der Waals surface area (Å²) in [6, 6.07) is 19.9. The number of anilines is 1. The first kappa shape index (κ1) is 23.4. The topological polar surface area (TPSA) is 87.7 Å². The van der Waals surface area contributed by atoms with E-state index >= 15 is 0 Å². The van der Waals surface area contributed by atoms with E-state index in [1.54, 1.807) is 11.8 Å². The maximum atomic E-state index is 12.8. The van der Waals surface area contributed by atoms with Crippen LogP contribution in [-0.2, 0) is 9.53 Å². The van der Waals surface area contributed by atoms with E-state index in [9.17, 15) is 9.59 Å². The van der Waals surface area contributed by atoms with Crippen molar-refractivity contribution in [2.24, 2.45) is 0 Å².